The van der Waals surface area contributed by atoms with Gasteiger partial charge < -0.3 is 25.2 Å². The zero-order chi connectivity index (χ0) is 21.6. The summed E-state index contributed by atoms with van der Waals surface area (Å²) >= 11 is 0. The van der Waals surface area contributed by atoms with Crippen molar-refractivity contribution >= 4 is 41.9 Å². The number of aliphatic imine (C=N–C) groups is 1. The number of halogens is 1. The van der Waals surface area contributed by atoms with Crippen LogP contribution in [0.5, 0.6) is 0 Å². The smallest absolute Gasteiger partial charge is 0.407 e. The molecule has 1 aliphatic rings. The van der Waals surface area contributed by atoms with Gasteiger partial charge >= 0.3 is 6.09 Å². The molecule has 1 aromatic carbocycles. The lowest BCUT2D eigenvalue weighted by molar-refractivity contribution is 0.0507. The van der Waals surface area contributed by atoms with Gasteiger partial charge in [0.1, 0.15) is 5.60 Å². The highest BCUT2D eigenvalue weighted by atomic mass is 127. The Morgan fingerprint density at radius 1 is 1.23 bits per heavy atom. The number of guanidine groups is 1. The van der Waals surface area contributed by atoms with E-state index < -0.39 is 5.60 Å². The maximum absolute atomic E-state index is 12.0. The number of rotatable bonds is 4. The molecule has 1 aromatic rings. The number of benzene rings is 1. The molecular weight excluding hydrogens is 497 g/mol. The average Bonchev–Trinajstić information content (AvgIpc) is 3.08. The van der Waals surface area contributed by atoms with Crippen LogP contribution in [0.2, 0.25) is 0 Å². The molecule has 0 bridgehead atoms. The molecule has 0 spiro atoms. The molecule has 0 saturated carbocycles. The largest absolute Gasteiger partial charge is 0.444 e. The van der Waals surface area contributed by atoms with Gasteiger partial charge in [-0.25, -0.2) is 4.79 Å². The van der Waals surface area contributed by atoms with Gasteiger partial charge in [-0.2, -0.15) is 0 Å². The van der Waals surface area contributed by atoms with Crippen molar-refractivity contribution in [3.05, 3.63) is 35.4 Å². The van der Waals surface area contributed by atoms with Gasteiger partial charge in [0.05, 0.1) is 6.04 Å². The van der Waals surface area contributed by atoms with Crippen LogP contribution >= 0.6 is 24.0 Å². The number of amides is 2. The second-order valence-electron chi connectivity index (χ2n) is 8.38. The highest BCUT2D eigenvalue weighted by molar-refractivity contribution is 14.0. The van der Waals surface area contributed by atoms with Crippen molar-refractivity contribution in [2.45, 2.75) is 45.4 Å². The van der Waals surface area contributed by atoms with Crippen LogP contribution in [0.3, 0.4) is 0 Å². The lowest BCUT2D eigenvalue weighted by atomic mass is 10.1. The van der Waals surface area contributed by atoms with Crippen molar-refractivity contribution in [1.82, 2.24) is 20.4 Å². The molecule has 2 N–H and O–H groups in total. The summed E-state index contributed by atoms with van der Waals surface area (Å²) in [7, 11) is 5.22. The summed E-state index contributed by atoms with van der Waals surface area (Å²) < 4.78 is 5.33. The minimum absolute atomic E-state index is 0. The summed E-state index contributed by atoms with van der Waals surface area (Å²) in [6, 6.07) is 7.57. The van der Waals surface area contributed by atoms with E-state index in [1.54, 1.807) is 26.0 Å². The van der Waals surface area contributed by atoms with Gasteiger partial charge in [0.25, 0.3) is 5.91 Å². The van der Waals surface area contributed by atoms with E-state index >= 15 is 0 Å². The molecule has 1 fully saturated rings. The highest BCUT2D eigenvalue weighted by Gasteiger charge is 2.27. The van der Waals surface area contributed by atoms with Gasteiger partial charge in [-0.05, 0) is 44.9 Å². The number of alkyl carbamates (subject to hydrolysis) is 1. The van der Waals surface area contributed by atoms with E-state index in [0.717, 1.165) is 24.5 Å². The van der Waals surface area contributed by atoms with E-state index in [0.29, 0.717) is 18.7 Å². The Morgan fingerprint density at radius 2 is 1.87 bits per heavy atom. The van der Waals surface area contributed by atoms with Crippen LogP contribution in [0.25, 0.3) is 0 Å². The minimum Gasteiger partial charge on any atom is -0.444 e. The number of carbonyl (C=O) groups is 2. The molecule has 2 rings (SSSR count). The number of nitrogens with one attached hydrogen (secondary N) is 2. The van der Waals surface area contributed by atoms with Crippen LogP contribution in [-0.4, -0.2) is 73.6 Å². The van der Waals surface area contributed by atoms with E-state index in [1.807, 2.05) is 45.0 Å². The summed E-state index contributed by atoms with van der Waals surface area (Å²) in [6.45, 7) is 7.63. The number of ether oxygens (including phenoxy) is 1. The van der Waals surface area contributed by atoms with Crippen molar-refractivity contribution in [1.29, 1.82) is 0 Å². The lowest BCUT2D eigenvalue weighted by Gasteiger charge is -2.23. The molecule has 1 saturated heterocycles. The Bertz CT molecular complexity index is 744. The Balaban J connectivity index is 0.00000450. The molecule has 1 atom stereocenters. The Hall–Kier alpha value is -2.04. The van der Waals surface area contributed by atoms with Crippen LogP contribution in [0.15, 0.2) is 29.3 Å². The van der Waals surface area contributed by atoms with E-state index in [-0.39, 0.29) is 42.0 Å². The molecule has 0 aliphatic carbocycles. The molecule has 0 radical (unpaired) electrons. The first-order valence-electron chi connectivity index (χ1n) is 9.85. The summed E-state index contributed by atoms with van der Waals surface area (Å²) in [5, 5.41) is 6.27. The zero-order valence-electron chi connectivity index (χ0n) is 18.7. The fourth-order valence-electron chi connectivity index (χ4n) is 3.08. The van der Waals surface area contributed by atoms with Crippen molar-refractivity contribution in [3.8, 4) is 0 Å². The minimum atomic E-state index is -0.507. The third-order valence-corrected chi connectivity index (χ3v) is 4.48. The van der Waals surface area contributed by atoms with Crippen LogP contribution in [-0.2, 0) is 11.3 Å². The predicted molar refractivity (Wildman–Crippen MR) is 129 cm³/mol. The number of likely N-dealkylation sites (tertiary alicyclic amines) is 1. The topological polar surface area (TPSA) is 86.3 Å². The molecule has 30 heavy (non-hydrogen) atoms. The van der Waals surface area contributed by atoms with Crippen molar-refractivity contribution in [3.63, 3.8) is 0 Å². The van der Waals surface area contributed by atoms with Crippen molar-refractivity contribution < 1.29 is 14.3 Å². The Morgan fingerprint density at radius 3 is 2.40 bits per heavy atom. The average molecular weight is 531 g/mol. The summed E-state index contributed by atoms with van der Waals surface area (Å²) in [6.07, 6.45) is 0.445. The quantitative estimate of drug-likeness (QED) is 0.355. The fourth-order valence-corrected chi connectivity index (χ4v) is 3.08. The van der Waals surface area contributed by atoms with Gasteiger partial charge in [0.15, 0.2) is 5.96 Å². The van der Waals surface area contributed by atoms with E-state index in [4.69, 9.17) is 4.74 Å². The third-order valence-electron chi connectivity index (χ3n) is 4.48. The molecule has 2 amide bonds. The number of carbonyl (C=O) groups excluding carboxylic acids is 2. The highest BCUT2D eigenvalue weighted by Crippen LogP contribution is 2.12. The van der Waals surface area contributed by atoms with Crippen LogP contribution in [0.1, 0.15) is 43.1 Å². The zero-order valence-corrected chi connectivity index (χ0v) is 21.0. The van der Waals surface area contributed by atoms with Gasteiger partial charge in [0.2, 0.25) is 0 Å². The summed E-state index contributed by atoms with van der Waals surface area (Å²) in [4.78, 5) is 32.0. The maximum Gasteiger partial charge on any atom is 0.407 e. The molecule has 0 aromatic heterocycles. The van der Waals surface area contributed by atoms with E-state index in [1.165, 1.54) is 0 Å². The summed E-state index contributed by atoms with van der Waals surface area (Å²) in [5.41, 5.74) is 1.22. The van der Waals surface area contributed by atoms with Gasteiger partial charge in [0, 0.05) is 46.3 Å². The molecule has 8 nitrogen and oxygen atoms in total. The first kappa shape index (κ1) is 26.0. The Kier molecular flexibility index (Phi) is 9.86. The van der Waals surface area contributed by atoms with Crippen molar-refractivity contribution in [2.75, 3.05) is 34.2 Å². The molecule has 9 heteroatoms. The molecular formula is C21H34IN5O3. The van der Waals surface area contributed by atoms with Crippen molar-refractivity contribution in [2.24, 2.45) is 4.99 Å². The van der Waals surface area contributed by atoms with Gasteiger partial charge in [-0.15, -0.1) is 24.0 Å². The fraction of sp³-hybridized carbons (Fsp3) is 0.571. The Labute approximate surface area is 196 Å². The van der Waals surface area contributed by atoms with Crippen LogP contribution < -0.4 is 10.6 Å². The van der Waals surface area contributed by atoms with Crippen LogP contribution in [0.4, 0.5) is 4.79 Å². The normalized spacial score (nSPS) is 16.5. The number of nitrogens with zero attached hydrogens (tertiary/aromatic N) is 3. The molecule has 1 heterocycles. The van der Waals surface area contributed by atoms with Gasteiger partial charge in [-0.1, -0.05) is 12.1 Å². The van der Waals surface area contributed by atoms with Gasteiger partial charge in [-0.3, -0.25) is 9.79 Å². The van der Waals surface area contributed by atoms with Crippen LogP contribution in [0, 0.1) is 0 Å². The van der Waals surface area contributed by atoms with E-state index in [9.17, 15) is 9.59 Å². The van der Waals surface area contributed by atoms with E-state index in [2.05, 4.69) is 20.5 Å². The molecule has 1 unspecified atom stereocenters. The lowest BCUT2D eigenvalue weighted by Crippen LogP contribution is -2.44. The number of hydrogen-bond acceptors (Lipinski definition) is 4. The molecule has 168 valence electrons. The summed E-state index contributed by atoms with van der Waals surface area (Å²) in [5.74, 6) is 0.771. The molecule has 1 aliphatic heterocycles. The second-order valence-corrected chi connectivity index (χ2v) is 8.38. The first-order valence-corrected chi connectivity index (χ1v) is 9.85. The SMILES string of the molecule is CN=C(NCc1ccc(C(=O)N(C)C)cc1)N1CCC(NC(=O)OC(C)(C)C)C1.I. The first-order chi connectivity index (χ1) is 13.6. The maximum atomic E-state index is 12.0. The standard InChI is InChI=1S/C21H33N5O3.HI/c1-21(2,3)29-20(28)24-17-11-12-26(14-17)19(22-4)23-13-15-7-9-16(10-8-15)18(27)25(5)6;/h7-10,17H,11-14H2,1-6H3,(H,22,23)(H,24,28);1H. The monoisotopic (exact) mass is 531 g/mol. The predicted octanol–water partition coefficient (Wildman–Crippen LogP) is 2.68. The number of hydrogen-bond donors (Lipinski definition) is 2. The third kappa shape index (κ3) is 8.00. The second kappa shape index (κ2) is 11.4.